The molecule has 0 spiro atoms. The minimum absolute atomic E-state index is 0.120. The Morgan fingerprint density at radius 2 is 1.41 bits per heavy atom. The van der Waals surface area contributed by atoms with Crippen LogP contribution in [0.15, 0.2) is 140 Å². The lowest BCUT2D eigenvalue weighted by Gasteiger charge is -2.49. The van der Waals surface area contributed by atoms with E-state index in [4.69, 9.17) is 0 Å². The maximum absolute atomic E-state index is 3.00. The summed E-state index contributed by atoms with van der Waals surface area (Å²) in [6.45, 7) is 7.21. The highest BCUT2D eigenvalue weighted by molar-refractivity contribution is 7.27. The predicted octanol–water partition coefficient (Wildman–Crippen LogP) is 6.45. The first-order chi connectivity index (χ1) is 26.4. The molecule has 0 saturated carbocycles. The van der Waals surface area contributed by atoms with E-state index in [1.165, 1.54) is 89.5 Å². The maximum atomic E-state index is 2.72. The summed E-state index contributed by atoms with van der Waals surface area (Å²) >= 11 is 0. The largest absolute Gasteiger partial charge is 0.378 e. The molecule has 54 heavy (non-hydrogen) atoms. The molecule has 0 unspecified atom stereocenters. The highest BCUT2D eigenvalue weighted by atomic mass is 28.3. The van der Waals surface area contributed by atoms with Crippen LogP contribution in [0.5, 0.6) is 0 Å². The van der Waals surface area contributed by atoms with Crippen LogP contribution in [-0.4, -0.2) is 33.4 Å². The van der Waals surface area contributed by atoms with E-state index >= 15 is 0 Å². The molecule has 0 N–H and O–H groups in total. The van der Waals surface area contributed by atoms with Crippen molar-refractivity contribution in [3.8, 4) is 5.69 Å². The molecule has 0 saturated heterocycles. The van der Waals surface area contributed by atoms with E-state index in [0.717, 1.165) is 12.8 Å². The van der Waals surface area contributed by atoms with Crippen LogP contribution in [-0.2, 0) is 18.3 Å². The van der Waals surface area contributed by atoms with Crippen LogP contribution < -0.4 is 42.0 Å². The van der Waals surface area contributed by atoms with Crippen molar-refractivity contribution in [1.82, 2.24) is 4.57 Å². The first-order valence-corrected chi connectivity index (χ1v) is 21.8. The van der Waals surface area contributed by atoms with Gasteiger partial charge in [-0.15, -0.1) is 0 Å². The van der Waals surface area contributed by atoms with Crippen molar-refractivity contribution in [2.75, 3.05) is 19.0 Å². The van der Waals surface area contributed by atoms with Crippen LogP contribution in [0.3, 0.4) is 0 Å². The molecule has 6 aromatic carbocycles. The highest BCUT2D eigenvalue weighted by Gasteiger charge is 2.55. The number of fused-ring (bicyclic) bond motifs is 7. The van der Waals surface area contributed by atoms with E-state index in [1.807, 2.05) is 0 Å². The van der Waals surface area contributed by atoms with Crippen molar-refractivity contribution in [3.63, 3.8) is 0 Å². The molecular weight excluding hydrogens is 667 g/mol. The number of para-hydroxylation sites is 1. The smallest absolute Gasteiger partial charge is 0.241 e. The lowest BCUT2D eigenvalue weighted by Crippen LogP contribution is -2.88. The maximum Gasteiger partial charge on any atom is 0.241 e. The second-order valence-corrected chi connectivity index (χ2v) is 20.2. The van der Waals surface area contributed by atoms with E-state index in [-0.39, 0.29) is 12.1 Å². The summed E-state index contributed by atoms with van der Waals surface area (Å²) < 4.78 is 2.72. The normalized spacial score (nSPS) is 16.1. The Balaban J connectivity index is 1.45. The molecule has 0 atom stereocenters. The Morgan fingerprint density at radius 1 is 0.704 bits per heavy atom. The fraction of sp³-hybridized carbons (Fsp3) is 0.200. The molecule has 2 nitrogen and oxygen atoms in total. The number of benzene rings is 6. The van der Waals surface area contributed by atoms with Crippen LogP contribution in [0.2, 0.25) is 0 Å². The average molecular weight is 715 g/mol. The zero-order valence-corrected chi connectivity index (χ0v) is 33.2. The van der Waals surface area contributed by atoms with Gasteiger partial charge >= 0.3 is 0 Å². The molecule has 7 aromatic rings. The van der Waals surface area contributed by atoms with E-state index < -0.39 is 8.07 Å². The second kappa shape index (κ2) is 12.4. The fourth-order valence-electron chi connectivity index (χ4n) is 10.8. The number of rotatable bonds is 5. The SMILES string of the molecule is C/C=C/c1cc2c3c(c1)[Si](c1ccccc1)(c1ccccc1)c1c(cccc1-n1c4c(c5ccccc51)CCCC4)B3c1ccc(N(C)C)cc1C2(C)C. The molecule has 0 amide bonds. The summed E-state index contributed by atoms with van der Waals surface area (Å²) in [6.07, 6.45) is 9.30. The summed E-state index contributed by atoms with van der Waals surface area (Å²) in [7, 11) is 1.33. The van der Waals surface area contributed by atoms with Crippen LogP contribution in [0, 0.1) is 0 Å². The molecule has 4 heteroatoms. The van der Waals surface area contributed by atoms with Gasteiger partial charge in [-0.3, -0.25) is 0 Å². The van der Waals surface area contributed by atoms with Gasteiger partial charge in [0.2, 0.25) is 6.71 Å². The van der Waals surface area contributed by atoms with Gasteiger partial charge in [0, 0.05) is 42.0 Å². The van der Waals surface area contributed by atoms with Crippen molar-refractivity contribution in [2.45, 2.75) is 51.9 Å². The van der Waals surface area contributed by atoms with Gasteiger partial charge in [0.1, 0.15) is 0 Å². The molecule has 1 aromatic heterocycles. The lowest BCUT2D eigenvalue weighted by molar-refractivity contribution is 0.646. The monoisotopic (exact) mass is 714 g/mol. The van der Waals surface area contributed by atoms with Gasteiger partial charge in [0.25, 0.3) is 0 Å². The second-order valence-electron chi connectivity index (χ2n) is 16.5. The zero-order valence-electron chi connectivity index (χ0n) is 32.2. The number of anilines is 1. The topological polar surface area (TPSA) is 8.17 Å². The van der Waals surface area contributed by atoms with E-state index in [0.29, 0.717) is 0 Å². The number of aromatic nitrogens is 1. The first kappa shape index (κ1) is 33.3. The van der Waals surface area contributed by atoms with Gasteiger partial charge in [-0.2, -0.15) is 0 Å². The molecule has 2 aliphatic heterocycles. The van der Waals surface area contributed by atoms with E-state index in [9.17, 15) is 0 Å². The Kier molecular flexibility index (Phi) is 7.62. The average Bonchev–Trinajstić information content (AvgIpc) is 3.54. The standard InChI is InChI=1S/C50H47BN2Si/c1-6-18-34-31-41-48-47(32-34)54(36-19-9-7-10-20-36,37-21-11-8-12-22-37)49-43(51(48)42-30-29-35(52(4)5)33-40(42)50(41,2)3)25-17-28-46(49)53-44-26-15-13-23-38(44)39-24-14-16-27-45(39)53/h6-13,15,17-23,25-26,28-33H,14,16,24,27H2,1-5H3/b18-6+. The third-order valence-corrected chi connectivity index (χ3v) is 18.0. The molecule has 10 rings (SSSR count). The van der Waals surface area contributed by atoms with Crippen molar-refractivity contribution in [3.05, 3.63) is 167 Å². The van der Waals surface area contributed by atoms with Gasteiger partial charge in [0.05, 0.1) is 5.52 Å². The number of hydrogen-bond acceptors (Lipinski definition) is 1. The molecule has 3 aliphatic rings. The summed E-state index contributed by atoms with van der Waals surface area (Å²) in [6, 6.07) is 52.3. The van der Waals surface area contributed by atoms with Crippen LogP contribution in [0.4, 0.5) is 5.69 Å². The van der Waals surface area contributed by atoms with Crippen molar-refractivity contribution in [2.24, 2.45) is 0 Å². The Bertz CT molecular complexity index is 2590. The number of allylic oxidation sites excluding steroid dienone is 1. The number of nitrogens with zero attached hydrogens (tertiary/aromatic N) is 2. The van der Waals surface area contributed by atoms with Crippen LogP contribution in [0.1, 0.15) is 61.6 Å². The first-order valence-electron chi connectivity index (χ1n) is 19.8. The van der Waals surface area contributed by atoms with Gasteiger partial charge < -0.3 is 9.47 Å². The predicted molar refractivity (Wildman–Crippen MR) is 236 cm³/mol. The molecule has 0 bridgehead atoms. The van der Waals surface area contributed by atoms with Crippen molar-refractivity contribution >= 4 is 74.6 Å². The minimum Gasteiger partial charge on any atom is -0.378 e. The number of aryl methyl sites for hydroxylation is 1. The summed E-state index contributed by atoms with van der Waals surface area (Å²) in [5.74, 6) is 0. The Morgan fingerprint density at radius 3 is 2.13 bits per heavy atom. The summed E-state index contributed by atoms with van der Waals surface area (Å²) in [5.41, 5.74) is 15.5. The molecular formula is C50H47BN2Si. The summed E-state index contributed by atoms with van der Waals surface area (Å²) in [5, 5.41) is 7.39. The van der Waals surface area contributed by atoms with E-state index in [2.05, 4.69) is 190 Å². The van der Waals surface area contributed by atoms with Gasteiger partial charge in [-0.05, 0) is 99.9 Å². The van der Waals surface area contributed by atoms with Crippen molar-refractivity contribution in [1.29, 1.82) is 0 Å². The Labute approximate surface area is 321 Å². The quantitative estimate of drug-likeness (QED) is 0.186. The lowest BCUT2D eigenvalue weighted by atomic mass is 9.31. The summed E-state index contributed by atoms with van der Waals surface area (Å²) in [4.78, 5) is 2.25. The van der Waals surface area contributed by atoms with Gasteiger partial charge in [-0.1, -0.05) is 152 Å². The molecule has 0 fully saturated rings. The van der Waals surface area contributed by atoms with Crippen molar-refractivity contribution < 1.29 is 0 Å². The fourth-order valence-corrected chi connectivity index (χ4v) is 16.3. The third kappa shape index (κ3) is 4.53. The molecule has 264 valence electrons. The van der Waals surface area contributed by atoms with Crippen LogP contribution in [0.25, 0.3) is 22.7 Å². The third-order valence-electron chi connectivity index (χ3n) is 13.1. The Hall–Kier alpha value is -5.32. The number of hydrogen-bond donors (Lipinski definition) is 0. The van der Waals surface area contributed by atoms with E-state index in [1.54, 1.807) is 10.8 Å². The van der Waals surface area contributed by atoms with Crippen LogP contribution >= 0.6 is 0 Å². The zero-order chi connectivity index (χ0) is 36.8. The minimum atomic E-state index is -3.00. The molecule has 1 aliphatic carbocycles. The van der Waals surface area contributed by atoms with Gasteiger partial charge in [-0.25, -0.2) is 0 Å². The van der Waals surface area contributed by atoms with Gasteiger partial charge in [0.15, 0.2) is 8.07 Å². The molecule has 3 heterocycles. The highest BCUT2D eigenvalue weighted by Crippen LogP contribution is 2.38. The molecule has 0 radical (unpaired) electrons.